The summed E-state index contributed by atoms with van der Waals surface area (Å²) in [6, 6.07) is -0.127. The van der Waals surface area contributed by atoms with Crippen LogP contribution in [0.25, 0.3) is 0 Å². The Labute approximate surface area is 102 Å². The van der Waals surface area contributed by atoms with Gasteiger partial charge in [-0.3, -0.25) is 0 Å². The van der Waals surface area contributed by atoms with E-state index in [4.69, 9.17) is 0 Å². The number of nitrogens with one attached hydrogen (secondary N) is 2. The van der Waals surface area contributed by atoms with Crippen LogP contribution in [-0.4, -0.2) is 50.0 Å². The second-order valence-electron chi connectivity index (χ2n) is 4.65. The summed E-state index contributed by atoms with van der Waals surface area (Å²) in [6.07, 6.45) is 2.65. The van der Waals surface area contributed by atoms with Crippen LogP contribution in [-0.2, 0) is 10.0 Å². The molecule has 0 amide bonds. The first kappa shape index (κ1) is 14.1. The van der Waals surface area contributed by atoms with E-state index in [0.717, 1.165) is 0 Å². The average Bonchev–Trinajstić information content (AvgIpc) is 2.68. The van der Waals surface area contributed by atoms with Gasteiger partial charge in [0.1, 0.15) is 0 Å². The standard InChI is InChI=1S/C10H20N4O2S/c1-8(2)9(6-14(3)4)13-17(15,16)10-5-11-7-12-10/h5,7-9,13H,6H2,1-4H3,(H,11,12). The number of aromatic nitrogens is 2. The number of sulfonamides is 1. The van der Waals surface area contributed by atoms with Gasteiger partial charge in [0.05, 0.1) is 12.5 Å². The number of hydrogen-bond acceptors (Lipinski definition) is 4. The molecule has 0 aliphatic rings. The van der Waals surface area contributed by atoms with E-state index in [1.165, 1.54) is 12.5 Å². The summed E-state index contributed by atoms with van der Waals surface area (Å²) in [6.45, 7) is 4.64. The number of rotatable bonds is 6. The Morgan fingerprint density at radius 1 is 1.47 bits per heavy atom. The summed E-state index contributed by atoms with van der Waals surface area (Å²) in [5.41, 5.74) is 0. The number of hydrogen-bond donors (Lipinski definition) is 2. The Balaban J connectivity index is 2.80. The highest BCUT2D eigenvalue weighted by Gasteiger charge is 2.23. The van der Waals surface area contributed by atoms with Crippen molar-refractivity contribution in [3.8, 4) is 0 Å². The van der Waals surface area contributed by atoms with Gasteiger partial charge in [0.25, 0.3) is 10.0 Å². The Bertz CT molecular complexity index is 425. The molecular formula is C10H20N4O2S. The second-order valence-corrected chi connectivity index (χ2v) is 6.33. The van der Waals surface area contributed by atoms with Gasteiger partial charge in [-0.15, -0.1) is 0 Å². The Kier molecular flexibility index (Phi) is 4.67. The molecule has 98 valence electrons. The Morgan fingerprint density at radius 2 is 2.12 bits per heavy atom. The van der Waals surface area contributed by atoms with E-state index < -0.39 is 10.0 Å². The Hall–Kier alpha value is -0.920. The van der Waals surface area contributed by atoms with E-state index in [9.17, 15) is 8.42 Å². The molecular weight excluding hydrogens is 240 g/mol. The third-order valence-corrected chi connectivity index (χ3v) is 3.85. The molecule has 0 saturated carbocycles. The third kappa shape index (κ3) is 4.10. The summed E-state index contributed by atoms with van der Waals surface area (Å²) in [5, 5.41) is 0.0990. The lowest BCUT2D eigenvalue weighted by Gasteiger charge is -2.24. The van der Waals surface area contributed by atoms with Crippen molar-refractivity contribution in [2.24, 2.45) is 5.92 Å². The van der Waals surface area contributed by atoms with Crippen LogP contribution < -0.4 is 4.72 Å². The van der Waals surface area contributed by atoms with Crippen LogP contribution in [0.1, 0.15) is 13.8 Å². The van der Waals surface area contributed by atoms with Crippen molar-refractivity contribution < 1.29 is 8.42 Å². The smallest absolute Gasteiger partial charge is 0.257 e. The van der Waals surface area contributed by atoms with Crippen molar-refractivity contribution in [3.05, 3.63) is 12.5 Å². The summed E-state index contributed by atoms with van der Waals surface area (Å²) in [5.74, 6) is 0.218. The molecule has 1 aromatic heterocycles. The molecule has 0 saturated heterocycles. The zero-order valence-corrected chi connectivity index (χ0v) is 11.5. The fraction of sp³-hybridized carbons (Fsp3) is 0.700. The topological polar surface area (TPSA) is 78.1 Å². The van der Waals surface area contributed by atoms with Crippen LogP contribution >= 0.6 is 0 Å². The van der Waals surface area contributed by atoms with Crippen molar-refractivity contribution in [2.75, 3.05) is 20.6 Å². The molecule has 0 radical (unpaired) electrons. The van der Waals surface area contributed by atoms with Crippen LogP contribution in [0.5, 0.6) is 0 Å². The van der Waals surface area contributed by atoms with Crippen molar-refractivity contribution >= 4 is 10.0 Å². The van der Waals surface area contributed by atoms with Crippen LogP contribution in [0.2, 0.25) is 0 Å². The van der Waals surface area contributed by atoms with Crippen LogP contribution in [0.15, 0.2) is 17.6 Å². The molecule has 1 heterocycles. The molecule has 1 unspecified atom stereocenters. The van der Waals surface area contributed by atoms with Gasteiger partial charge in [-0.2, -0.15) is 0 Å². The largest absolute Gasteiger partial charge is 0.335 e. The van der Waals surface area contributed by atoms with Crippen LogP contribution in [0, 0.1) is 5.92 Å². The molecule has 0 spiro atoms. The minimum Gasteiger partial charge on any atom is -0.335 e. The normalized spacial score (nSPS) is 14.5. The first-order chi connectivity index (χ1) is 7.83. The first-order valence-corrected chi connectivity index (χ1v) is 6.96. The second kappa shape index (κ2) is 5.61. The molecule has 0 aromatic carbocycles. The maximum absolute atomic E-state index is 12.0. The fourth-order valence-corrected chi connectivity index (χ4v) is 2.71. The van der Waals surface area contributed by atoms with Gasteiger partial charge in [0, 0.05) is 12.6 Å². The van der Waals surface area contributed by atoms with Crippen LogP contribution in [0.4, 0.5) is 0 Å². The quantitative estimate of drug-likeness (QED) is 0.770. The summed E-state index contributed by atoms with van der Waals surface area (Å²) < 4.78 is 26.7. The number of H-pyrrole nitrogens is 1. The Morgan fingerprint density at radius 3 is 2.53 bits per heavy atom. The van der Waals surface area contributed by atoms with E-state index in [1.807, 2.05) is 32.8 Å². The van der Waals surface area contributed by atoms with E-state index in [1.54, 1.807) is 0 Å². The molecule has 6 nitrogen and oxygen atoms in total. The predicted molar refractivity (Wildman–Crippen MR) is 66.1 cm³/mol. The fourth-order valence-electron chi connectivity index (χ4n) is 1.43. The highest BCUT2D eigenvalue weighted by atomic mass is 32.2. The number of nitrogens with zero attached hydrogens (tertiary/aromatic N) is 2. The zero-order chi connectivity index (χ0) is 13.1. The molecule has 0 aliphatic heterocycles. The van der Waals surface area contributed by atoms with Crippen molar-refractivity contribution in [1.82, 2.24) is 19.6 Å². The van der Waals surface area contributed by atoms with Crippen molar-refractivity contribution in [2.45, 2.75) is 24.9 Å². The van der Waals surface area contributed by atoms with Gasteiger partial charge >= 0.3 is 0 Å². The molecule has 0 fully saturated rings. The molecule has 1 rings (SSSR count). The van der Waals surface area contributed by atoms with Gasteiger partial charge in [0.2, 0.25) is 0 Å². The van der Waals surface area contributed by atoms with E-state index in [2.05, 4.69) is 14.7 Å². The molecule has 0 aliphatic carbocycles. The van der Waals surface area contributed by atoms with E-state index >= 15 is 0 Å². The van der Waals surface area contributed by atoms with Gasteiger partial charge in [-0.05, 0) is 20.0 Å². The average molecular weight is 260 g/mol. The number of likely N-dealkylation sites (N-methyl/N-ethyl adjacent to an activating group) is 1. The SMILES string of the molecule is CC(C)C(CN(C)C)NS(=O)(=O)c1cnc[nH]1. The molecule has 0 bridgehead atoms. The van der Waals surface area contributed by atoms with Gasteiger partial charge in [-0.1, -0.05) is 13.8 Å². The van der Waals surface area contributed by atoms with Crippen molar-refractivity contribution in [3.63, 3.8) is 0 Å². The molecule has 1 aromatic rings. The van der Waals surface area contributed by atoms with E-state index in [0.29, 0.717) is 6.54 Å². The highest BCUT2D eigenvalue weighted by Crippen LogP contribution is 2.09. The maximum Gasteiger partial charge on any atom is 0.257 e. The lowest BCUT2D eigenvalue weighted by molar-refractivity contribution is 0.314. The monoisotopic (exact) mass is 260 g/mol. The van der Waals surface area contributed by atoms with Crippen molar-refractivity contribution in [1.29, 1.82) is 0 Å². The predicted octanol–water partition coefficient (Wildman–Crippen LogP) is 0.274. The summed E-state index contributed by atoms with van der Waals surface area (Å²) in [4.78, 5) is 8.27. The summed E-state index contributed by atoms with van der Waals surface area (Å²) in [7, 11) is 0.332. The van der Waals surface area contributed by atoms with Gasteiger partial charge < -0.3 is 9.88 Å². The minimum absolute atomic E-state index is 0.0990. The minimum atomic E-state index is -3.50. The maximum atomic E-state index is 12.0. The lowest BCUT2D eigenvalue weighted by atomic mass is 10.1. The first-order valence-electron chi connectivity index (χ1n) is 5.48. The molecule has 7 heteroatoms. The lowest BCUT2D eigenvalue weighted by Crippen LogP contribution is -2.44. The summed E-state index contributed by atoms with van der Waals surface area (Å²) >= 11 is 0. The molecule has 1 atom stereocenters. The van der Waals surface area contributed by atoms with Gasteiger partial charge in [0.15, 0.2) is 5.03 Å². The molecule has 17 heavy (non-hydrogen) atoms. The zero-order valence-electron chi connectivity index (χ0n) is 10.6. The molecule has 2 N–H and O–H groups in total. The highest BCUT2D eigenvalue weighted by molar-refractivity contribution is 7.89. The van der Waals surface area contributed by atoms with Gasteiger partial charge in [-0.25, -0.2) is 18.1 Å². The van der Waals surface area contributed by atoms with E-state index in [-0.39, 0.29) is 17.0 Å². The van der Waals surface area contributed by atoms with Crippen LogP contribution in [0.3, 0.4) is 0 Å². The number of imidazole rings is 1. The number of aromatic amines is 1. The third-order valence-electron chi connectivity index (χ3n) is 2.44.